The summed E-state index contributed by atoms with van der Waals surface area (Å²) < 4.78 is 7.26. The quantitative estimate of drug-likeness (QED) is 0.643. The Hall–Kier alpha value is -3.38. The van der Waals surface area contributed by atoms with Gasteiger partial charge in [-0.05, 0) is 42.8 Å². The summed E-state index contributed by atoms with van der Waals surface area (Å²) in [5.74, 6) is 0.700. The van der Waals surface area contributed by atoms with Crippen LogP contribution in [0.5, 0.6) is 0 Å². The van der Waals surface area contributed by atoms with Crippen molar-refractivity contribution in [3.8, 4) is 5.69 Å². The zero-order chi connectivity index (χ0) is 20.2. The molecule has 0 unspecified atom stereocenters. The summed E-state index contributed by atoms with van der Waals surface area (Å²) in [5, 5.41) is 7.97. The second-order valence-electron chi connectivity index (χ2n) is 6.57. The average Bonchev–Trinajstić information content (AvgIpc) is 3.37. The maximum atomic E-state index is 12.6. The predicted octanol–water partition coefficient (Wildman–Crippen LogP) is 4.26. The summed E-state index contributed by atoms with van der Waals surface area (Å²) in [7, 11) is 0. The highest BCUT2D eigenvalue weighted by Gasteiger charge is 2.21. The SMILES string of the molecule is Cc1ccc(-n2ncc(C3=NCCO3)c2NC(=O)/C=C/c2cccc(Cl)c2)cc1. The maximum Gasteiger partial charge on any atom is 0.249 e. The molecule has 1 aliphatic heterocycles. The van der Waals surface area contributed by atoms with Crippen LogP contribution < -0.4 is 5.32 Å². The number of anilines is 1. The molecule has 0 saturated heterocycles. The largest absolute Gasteiger partial charge is 0.475 e. The molecule has 1 aliphatic rings. The highest BCUT2D eigenvalue weighted by Crippen LogP contribution is 2.23. The minimum atomic E-state index is -0.293. The van der Waals surface area contributed by atoms with Crippen LogP contribution in [0.2, 0.25) is 5.02 Å². The number of carbonyl (C=O) groups is 1. The van der Waals surface area contributed by atoms with E-state index >= 15 is 0 Å². The lowest BCUT2D eigenvalue weighted by atomic mass is 10.2. The molecule has 0 bridgehead atoms. The molecule has 3 aromatic rings. The highest BCUT2D eigenvalue weighted by atomic mass is 35.5. The number of nitrogens with zero attached hydrogens (tertiary/aromatic N) is 3. The molecule has 0 radical (unpaired) electrons. The number of aromatic nitrogens is 2. The summed E-state index contributed by atoms with van der Waals surface area (Å²) in [6.07, 6.45) is 4.82. The molecule has 146 valence electrons. The zero-order valence-electron chi connectivity index (χ0n) is 15.8. The third kappa shape index (κ3) is 4.38. The van der Waals surface area contributed by atoms with Crippen LogP contribution in [-0.4, -0.2) is 34.7 Å². The topological polar surface area (TPSA) is 68.5 Å². The minimum absolute atomic E-state index is 0.293. The summed E-state index contributed by atoms with van der Waals surface area (Å²) >= 11 is 6.00. The highest BCUT2D eigenvalue weighted by molar-refractivity contribution is 6.30. The molecule has 4 rings (SSSR count). The van der Waals surface area contributed by atoms with Gasteiger partial charge in [0.25, 0.3) is 0 Å². The predicted molar refractivity (Wildman–Crippen MR) is 115 cm³/mol. The summed E-state index contributed by atoms with van der Waals surface area (Å²) in [4.78, 5) is 17.0. The molecule has 2 aromatic carbocycles. The van der Waals surface area contributed by atoms with Crippen molar-refractivity contribution in [3.05, 3.63) is 82.5 Å². The van der Waals surface area contributed by atoms with Gasteiger partial charge in [0.05, 0.1) is 24.0 Å². The molecule has 29 heavy (non-hydrogen) atoms. The van der Waals surface area contributed by atoms with Crippen LogP contribution in [0.25, 0.3) is 11.8 Å². The first-order valence-electron chi connectivity index (χ1n) is 9.17. The number of amides is 1. The molecule has 0 spiro atoms. The second kappa shape index (κ2) is 8.32. The average molecular weight is 407 g/mol. The first kappa shape index (κ1) is 19.0. The van der Waals surface area contributed by atoms with Gasteiger partial charge in [-0.3, -0.25) is 4.79 Å². The lowest BCUT2D eigenvalue weighted by Crippen LogP contribution is -2.15. The normalized spacial score (nSPS) is 13.4. The van der Waals surface area contributed by atoms with Gasteiger partial charge >= 0.3 is 0 Å². The molecule has 0 fully saturated rings. The molecular formula is C22H19ClN4O2. The molecule has 1 aromatic heterocycles. The first-order valence-corrected chi connectivity index (χ1v) is 9.55. The molecule has 7 heteroatoms. The number of rotatable bonds is 5. The van der Waals surface area contributed by atoms with Gasteiger partial charge in [-0.25, -0.2) is 9.67 Å². The van der Waals surface area contributed by atoms with Crippen molar-refractivity contribution in [1.29, 1.82) is 0 Å². The van der Waals surface area contributed by atoms with Crippen LogP contribution in [0.4, 0.5) is 5.82 Å². The van der Waals surface area contributed by atoms with Gasteiger partial charge in [0.1, 0.15) is 12.4 Å². The summed E-state index contributed by atoms with van der Waals surface area (Å²) in [6.45, 7) is 3.13. The van der Waals surface area contributed by atoms with Gasteiger partial charge < -0.3 is 10.1 Å². The van der Waals surface area contributed by atoms with Crippen molar-refractivity contribution in [1.82, 2.24) is 9.78 Å². The Bertz CT molecular complexity index is 1100. The number of aryl methyl sites for hydroxylation is 1. The van der Waals surface area contributed by atoms with E-state index in [0.717, 1.165) is 16.8 Å². The fraction of sp³-hybridized carbons (Fsp3) is 0.136. The van der Waals surface area contributed by atoms with Gasteiger partial charge in [-0.2, -0.15) is 5.10 Å². The Morgan fingerprint density at radius 1 is 1.24 bits per heavy atom. The van der Waals surface area contributed by atoms with Gasteiger partial charge in [0, 0.05) is 11.1 Å². The Kier molecular flexibility index (Phi) is 5.44. The van der Waals surface area contributed by atoms with E-state index in [4.69, 9.17) is 16.3 Å². The lowest BCUT2D eigenvalue weighted by molar-refractivity contribution is -0.111. The van der Waals surface area contributed by atoms with Crippen LogP contribution in [0.15, 0.2) is 65.8 Å². The van der Waals surface area contributed by atoms with Crippen LogP contribution in [0, 0.1) is 6.92 Å². The van der Waals surface area contributed by atoms with E-state index in [1.807, 2.05) is 43.3 Å². The minimum Gasteiger partial charge on any atom is -0.475 e. The first-order chi connectivity index (χ1) is 14.1. The zero-order valence-corrected chi connectivity index (χ0v) is 16.6. The van der Waals surface area contributed by atoms with E-state index in [0.29, 0.717) is 35.5 Å². The van der Waals surface area contributed by atoms with E-state index in [1.165, 1.54) is 6.08 Å². The van der Waals surface area contributed by atoms with Crippen LogP contribution in [-0.2, 0) is 9.53 Å². The number of hydrogen-bond acceptors (Lipinski definition) is 4. The molecule has 0 atom stereocenters. The summed E-state index contributed by atoms with van der Waals surface area (Å²) in [6, 6.07) is 15.2. The van der Waals surface area contributed by atoms with E-state index in [2.05, 4.69) is 15.4 Å². The van der Waals surface area contributed by atoms with Gasteiger partial charge in [0.15, 0.2) is 0 Å². The second-order valence-corrected chi connectivity index (χ2v) is 7.00. The van der Waals surface area contributed by atoms with Crippen molar-refractivity contribution >= 4 is 35.3 Å². The smallest absolute Gasteiger partial charge is 0.249 e. The van der Waals surface area contributed by atoms with Crippen molar-refractivity contribution in [2.24, 2.45) is 4.99 Å². The van der Waals surface area contributed by atoms with Crippen LogP contribution in [0.3, 0.4) is 0 Å². The molecule has 0 aliphatic carbocycles. The van der Waals surface area contributed by atoms with Crippen molar-refractivity contribution in [3.63, 3.8) is 0 Å². The Balaban J connectivity index is 1.64. The molecule has 6 nitrogen and oxygen atoms in total. The molecule has 1 N–H and O–H groups in total. The van der Waals surface area contributed by atoms with Crippen LogP contribution >= 0.6 is 11.6 Å². The van der Waals surface area contributed by atoms with Crippen LogP contribution in [0.1, 0.15) is 16.7 Å². The Labute approximate surface area is 173 Å². The number of benzene rings is 2. The number of carbonyl (C=O) groups excluding carboxylic acids is 1. The Morgan fingerprint density at radius 3 is 2.79 bits per heavy atom. The van der Waals surface area contributed by atoms with E-state index in [1.54, 1.807) is 29.1 Å². The number of ether oxygens (including phenoxy) is 1. The number of aliphatic imine (C=N–C) groups is 1. The fourth-order valence-electron chi connectivity index (χ4n) is 2.95. The maximum absolute atomic E-state index is 12.6. The van der Waals surface area contributed by atoms with Crippen molar-refractivity contribution in [2.45, 2.75) is 6.92 Å². The van der Waals surface area contributed by atoms with E-state index in [9.17, 15) is 4.79 Å². The number of halogens is 1. The van der Waals surface area contributed by atoms with E-state index in [-0.39, 0.29) is 5.91 Å². The standard InChI is InChI=1S/C22H19ClN4O2/c1-15-5-8-18(9-6-15)27-21(19(14-25-27)22-24-11-12-29-22)26-20(28)10-7-16-3-2-4-17(23)13-16/h2-10,13-14H,11-12H2,1H3,(H,26,28)/b10-7+. The van der Waals surface area contributed by atoms with Crippen molar-refractivity contribution in [2.75, 3.05) is 18.5 Å². The molecule has 0 saturated carbocycles. The van der Waals surface area contributed by atoms with Gasteiger partial charge in [0.2, 0.25) is 11.8 Å². The number of nitrogens with one attached hydrogen (secondary N) is 1. The third-order valence-electron chi connectivity index (χ3n) is 4.38. The van der Waals surface area contributed by atoms with Gasteiger partial charge in [-0.15, -0.1) is 0 Å². The molecular weight excluding hydrogens is 388 g/mol. The molecule has 1 amide bonds. The van der Waals surface area contributed by atoms with Crippen molar-refractivity contribution < 1.29 is 9.53 Å². The van der Waals surface area contributed by atoms with Gasteiger partial charge in [-0.1, -0.05) is 41.4 Å². The Morgan fingerprint density at radius 2 is 2.07 bits per heavy atom. The van der Waals surface area contributed by atoms with E-state index < -0.39 is 0 Å². The molecule has 2 heterocycles. The monoisotopic (exact) mass is 406 g/mol. The third-order valence-corrected chi connectivity index (χ3v) is 4.62. The lowest BCUT2D eigenvalue weighted by Gasteiger charge is -2.10. The fourth-order valence-corrected chi connectivity index (χ4v) is 3.14. The number of hydrogen-bond donors (Lipinski definition) is 1. The summed E-state index contributed by atoms with van der Waals surface area (Å²) in [5.41, 5.74) is 3.45.